The van der Waals surface area contributed by atoms with Gasteiger partial charge in [-0.25, -0.2) is 0 Å². The van der Waals surface area contributed by atoms with E-state index in [0.29, 0.717) is 12.5 Å². The molecule has 20 heavy (non-hydrogen) atoms. The summed E-state index contributed by atoms with van der Waals surface area (Å²) in [6.07, 6.45) is -0.439. The number of halogens is 3. The van der Waals surface area contributed by atoms with E-state index in [9.17, 15) is 18.0 Å². The maximum Gasteiger partial charge on any atom is 0.411 e. The molecule has 0 radical (unpaired) electrons. The van der Waals surface area contributed by atoms with E-state index in [2.05, 4.69) is 10.1 Å². The van der Waals surface area contributed by atoms with Gasteiger partial charge in [-0.05, 0) is 44.7 Å². The van der Waals surface area contributed by atoms with Crippen molar-refractivity contribution in [1.82, 2.24) is 10.2 Å². The topological polar surface area (TPSA) is 41.6 Å². The first kappa shape index (κ1) is 15.6. The highest BCUT2D eigenvalue weighted by Crippen LogP contribution is 2.29. The highest BCUT2D eigenvalue weighted by Gasteiger charge is 2.35. The van der Waals surface area contributed by atoms with Crippen LogP contribution in [0.15, 0.2) is 0 Å². The average Bonchev–Trinajstić information content (AvgIpc) is 3.19. The minimum Gasteiger partial charge on any atom is -0.362 e. The quantitative estimate of drug-likeness (QED) is 0.808. The molecule has 1 amide bonds. The number of carbonyl (C=O) groups excluding carboxylic acids is 1. The van der Waals surface area contributed by atoms with Crippen molar-refractivity contribution in [3.63, 3.8) is 0 Å². The van der Waals surface area contributed by atoms with Crippen molar-refractivity contribution in [3.8, 4) is 0 Å². The number of nitrogens with one attached hydrogen (secondary N) is 1. The van der Waals surface area contributed by atoms with Crippen molar-refractivity contribution in [2.45, 2.75) is 37.9 Å². The van der Waals surface area contributed by atoms with E-state index in [1.54, 1.807) is 4.90 Å². The first-order valence-electron chi connectivity index (χ1n) is 7.10. The van der Waals surface area contributed by atoms with Crippen LogP contribution < -0.4 is 5.32 Å². The highest BCUT2D eigenvalue weighted by atomic mass is 19.4. The molecule has 1 saturated heterocycles. The number of alkyl halides is 3. The number of hydrogen-bond donors (Lipinski definition) is 1. The van der Waals surface area contributed by atoms with Gasteiger partial charge in [-0.2, -0.15) is 13.2 Å². The zero-order chi connectivity index (χ0) is 14.6. The van der Waals surface area contributed by atoms with Crippen molar-refractivity contribution in [2.75, 3.05) is 32.8 Å². The lowest BCUT2D eigenvalue weighted by Gasteiger charge is -2.30. The molecule has 0 spiro atoms. The van der Waals surface area contributed by atoms with Crippen LogP contribution in [-0.4, -0.2) is 55.9 Å². The molecule has 0 unspecified atom stereocenters. The predicted octanol–water partition coefficient (Wildman–Crippen LogP) is 1.56. The Morgan fingerprint density at radius 2 is 1.85 bits per heavy atom. The molecule has 0 atom stereocenters. The third-order valence-corrected chi connectivity index (χ3v) is 3.71. The van der Waals surface area contributed by atoms with Crippen LogP contribution in [0.1, 0.15) is 25.7 Å². The number of carbonyl (C=O) groups is 1. The first-order chi connectivity index (χ1) is 9.46. The van der Waals surface area contributed by atoms with Crippen LogP contribution in [0.3, 0.4) is 0 Å². The fourth-order valence-electron chi connectivity index (χ4n) is 2.52. The van der Waals surface area contributed by atoms with Gasteiger partial charge in [0.2, 0.25) is 5.91 Å². The van der Waals surface area contributed by atoms with Crippen LogP contribution in [0, 0.1) is 5.92 Å². The molecule has 1 aliphatic carbocycles. The van der Waals surface area contributed by atoms with E-state index in [-0.39, 0.29) is 11.9 Å². The normalized spacial score (nSPS) is 20.9. The molecule has 7 heteroatoms. The van der Waals surface area contributed by atoms with Crippen LogP contribution in [0.5, 0.6) is 0 Å². The van der Waals surface area contributed by atoms with Gasteiger partial charge in [0.15, 0.2) is 0 Å². The third-order valence-electron chi connectivity index (χ3n) is 3.71. The van der Waals surface area contributed by atoms with E-state index < -0.39 is 19.4 Å². The molecule has 2 aliphatic rings. The minimum absolute atomic E-state index is 0.215. The van der Waals surface area contributed by atoms with Gasteiger partial charge in [0.25, 0.3) is 0 Å². The molecule has 0 aromatic carbocycles. The smallest absolute Gasteiger partial charge is 0.362 e. The average molecular weight is 294 g/mol. The lowest BCUT2D eigenvalue weighted by Crippen LogP contribution is -2.42. The van der Waals surface area contributed by atoms with Crippen LogP contribution in [0.4, 0.5) is 13.2 Å². The molecule has 2 fully saturated rings. The fraction of sp³-hybridized carbons (Fsp3) is 0.923. The summed E-state index contributed by atoms with van der Waals surface area (Å²) in [6.45, 7) is 0.718. The first-order valence-corrected chi connectivity index (χ1v) is 7.10. The molecule has 0 aromatic rings. The molecule has 0 aromatic heterocycles. The maximum absolute atomic E-state index is 12.0. The predicted molar refractivity (Wildman–Crippen MR) is 67.2 cm³/mol. The van der Waals surface area contributed by atoms with Crippen molar-refractivity contribution < 1.29 is 22.7 Å². The second-order valence-electron chi connectivity index (χ2n) is 5.58. The molecule has 1 aliphatic heterocycles. The van der Waals surface area contributed by atoms with E-state index in [4.69, 9.17) is 0 Å². The van der Waals surface area contributed by atoms with Gasteiger partial charge in [-0.15, -0.1) is 0 Å². The molecular weight excluding hydrogens is 273 g/mol. The summed E-state index contributed by atoms with van der Waals surface area (Å²) >= 11 is 0. The van der Waals surface area contributed by atoms with Gasteiger partial charge in [-0.1, -0.05) is 0 Å². The van der Waals surface area contributed by atoms with Crippen molar-refractivity contribution in [1.29, 1.82) is 0 Å². The Labute approximate surface area is 116 Å². The SMILES string of the molecule is O=C(COCC(F)(F)F)N(CC1CCNCC1)C1CC1. The van der Waals surface area contributed by atoms with E-state index >= 15 is 0 Å². The van der Waals surface area contributed by atoms with Gasteiger partial charge in [0.05, 0.1) is 0 Å². The summed E-state index contributed by atoms with van der Waals surface area (Å²) in [5, 5.41) is 3.26. The van der Waals surface area contributed by atoms with Crippen LogP contribution in [0.25, 0.3) is 0 Å². The second kappa shape index (κ2) is 6.76. The molecule has 2 rings (SSSR count). The number of rotatable bonds is 6. The van der Waals surface area contributed by atoms with Crippen molar-refractivity contribution >= 4 is 5.91 Å². The van der Waals surface area contributed by atoms with Gasteiger partial charge in [0.1, 0.15) is 13.2 Å². The van der Waals surface area contributed by atoms with Crippen molar-refractivity contribution in [2.24, 2.45) is 5.92 Å². The van der Waals surface area contributed by atoms with Crippen LogP contribution in [0.2, 0.25) is 0 Å². The van der Waals surface area contributed by atoms with Crippen LogP contribution >= 0.6 is 0 Å². The number of ether oxygens (including phenoxy) is 1. The zero-order valence-corrected chi connectivity index (χ0v) is 11.4. The van der Waals surface area contributed by atoms with Gasteiger partial charge in [0, 0.05) is 12.6 Å². The summed E-state index contributed by atoms with van der Waals surface area (Å²) in [5.41, 5.74) is 0. The summed E-state index contributed by atoms with van der Waals surface area (Å²) in [6, 6.07) is 0.215. The van der Waals surface area contributed by atoms with E-state index in [0.717, 1.165) is 38.8 Å². The lowest BCUT2D eigenvalue weighted by molar-refractivity contribution is -0.178. The standard InChI is InChI=1S/C13H21F3N2O2/c14-13(15,16)9-20-8-12(19)18(11-1-2-11)7-10-3-5-17-6-4-10/h10-11,17H,1-9H2. The zero-order valence-electron chi connectivity index (χ0n) is 11.4. The van der Waals surface area contributed by atoms with Gasteiger partial charge >= 0.3 is 6.18 Å². The molecule has 116 valence electrons. The summed E-state index contributed by atoms with van der Waals surface area (Å²) in [7, 11) is 0. The van der Waals surface area contributed by atoms with Gasteiger partial charge in [-0.3, -0.25) is 4.79 Å². The largest absolute Gasteiger partial charge is 0.411 e. The second-order valence-corrected chi connectivity index (χ2v) is 5.58. The minimum atomic E-state index is -4.38. The Kier molecular flexibility index (Phi) is 5.26. The Balaban J connectivity index is 1.77. The summed E-state index contributed by atoms with van der Waals surface area (Å²) in [4.78, 5) is 13.7. The van der Waals surface area contributed by atoms with Gasteiger partial charge < -0.3 is 15.0 Å². The van der Waals surface area contributed by atoms with E-state index in [1.165, 1.54) is 0 Å². The molecule has 1 heterocycles. The summed E-state index contributed by atoms with van der Waals surface area (Å²) < 4.78 is 40.5. The molecule has 0 bridgehead atoms. The molecule has 1 N–H and O–H groups in total. The maximum atomic E-state index is 12.0. The van der Waals surface area contributed by atoms with Crippen LogP contribution in [-0.2, 0) is 9.53 Å². The molecule has 1 saturated carbocycles. The monoisotopic (exact) mass is 294 g/mol. The van der Waals surface area contributed by atoms with Crippen molar-refractivity contribution in [3.05, 3.63) is 0 Å². The highest BCUT2D eigenvalue weighted by molar-refractivity contribution is 5.78. The number of amides is 1. The Hall–Kier alpha value is -0.820. The molecular formula is C13H21F3N2O2. The fourth-order valence-corrected chi connectivity index (χ4v) is 2.52. The lowest BCUT2D eigenvalue weighted by atomic mass is 9.97. The van der Waals surface area contributed by atoms with E-state index in [1.807, 2.05) is 0 Å². The Morgan fingerprint density at radius 1 is 1.20 bits per heavy atom. The Morgan fingerprint density at radius 3 is 2.40 bits per heavy atom. The Bertz CT molecular complexity index is 326. The summed E-state index contributed by atoms with van der Waals surface area (Å²) in [5.74, 6) is 0.138. The number of hydrogen-bond acceptors (Lipinski definition) is 3. The molecule has 4 nitrogen and oxygen atoms in total. The third kappa shape index (κ3) is 5.28. The number of nitrogens with zero attached hydrogens (tertiary/aromatic N) is 1. The number of piperidine rings is 1.